The average molecular weight is 318 g/mol. The first-order chi connectivity index (χ1) is 10.7. The molecule has 1 aliphatic rings. The largest absolute Gasteiger partial charge is 0.391 e. The standard InChI is InChI=1S/C19H30N2O2/c1-13-8-6-7-9-15(13)17(19(2,3)4)20-18(23)21(5)12-16(22)14-10-11-14/h6-9,14,16-17,22H,10-12H2,1-5H3,(H,20,23). The maximum absolute atomic E-state index is 12.6. The van der Waals surface area contributed by atoms with E-state index in [0.717, 1.165) is 18.4 Å². The van der Waals surface area contributed by atoms with E-state index in [-0.39, 0.29) is 17.5 Å². The van der Waals surface area contributed by atoms with Crippen molar-refractivity contribution in [3.63, 3.8) is 0 Å². The normalized spacial score (nSPS) is 17.5. The molecule has 4 heteroatoms. The molecule has 0 aliphatic heterocycles. The summed E-state index contributed by atoms with van der Waals surface area (Å²) in [7, 11) is 1.75. The number of carbonyl (C=O) groups is 1. The molecule has 23 heavy (non-hydrogen) atoms. The second-order valence-electron chi connectivity index (χ2n) is 7.89. The zero-order chi connectivity index (χ0) is 17.2. The molecule has 2 rings (SSSR count). The molecule has 128 valence electrons. The van der Waals surface area contributed by atoms with Gasteiger partial charge < -0.3 is 15.3 Å². The Hall–Kier alpha value is -1.55. The third kappa shape index (κ3) is 4.71. The van der Waals surface area contributed by atoms with Gasteiger partial charge in [0.05, 0.1) is 12.1 Å². The van der Waals surface area contributed by atoms with Crippen LogP contribution in [0.2, 0.25) is 0 Å². The molecule has 1 aromatic rings. The van der Waals surface area contributed by atoms with E-state index < -0.39 is 6.10 Å². The molecule has 0 radical (unpaired) electrons. The minimum Gasteiger partial charge on any atom is -0.391 e. The molecule has 0 heterocycles. The Morgan fingerprint density at radius 2 is 1.96 bits per heavy atom. The van der Waals surface area contributed by atoms with Gasteiger partial charge in [-0.2, -0.15) is 0 Å². The number of carbonyl (C=O) groups excluding carboxylic acids is 1. The molecule has 0 saturated heterocycles. The molecule has 2 N–H and O–H groups in total. The van der Waals surface area contributed by atoms with E-state index in [9.17, 15) is 9.90 Å². The van der Waals surface area contributed by atoms with E-state index in [1.54, 1.807) is 11.9 Å². The Labute approximate surface area is 139 Å². The highest BCUT2D eigenvalue weighted by molar-refractivity contribution is 5.74. The molecule has 4 nitrogen and oxygen atoms in total. The van der Waals surface area contributed by atoms with E-state index in [0.29, 0.717) is 12.5 Å². The second kappa shape index (κ2) is 6.91. The summed E-state index contributed by atoms with van der Waals surface area (Å²) >= 11 is 0. The van der Waals surface area contributed by atoms with Gasteiger partial charge in [0.25, 0.3) is 0 Å². The summed E-state index contributed by atoms with van der Waals surface area (Å²) in [5.74, 6) is 0.375. The Bertz CT molecular complexity index is 547. The van der Waals surface area contributed by atoms with Crippen molar-refractivity contribution in [2.45, 2.75) is 52.7 Å². The highest BCUT2D eigenvalue weighted by Gasteiger charge is 2.33. The third-order valence-corrected chi connectivity index (χ3v) is 4.61. The molecule has 0 bridgehead atoms. The topological polar surface area (TPSA) is 52.6 Å². The molecule has 1 fully saturated rings. The van der Waals surface area contributed by atoms with Crippen molar-refractivity contribution < 1.29 is 9.90 Å². The van der Waals surface area contributed by atoms with Crippen LogP contribution in [0, 0.1) is 18.3 Å². The van der Waals surface area contributed by atoms with Gasteiger partial charge in [0, 0.05) is 13.6 Å². The van der Waals surface area contributed by atoms with E-state index in [2.05, 4.69) is 45.1 Å². The van der Waals surface area contributed by atoms with Gasteiger partial charge in [-0.1, -0.05) is 45.0 Å². The van der Waals surface area contributed by atoms with Gasteiger partial charge in [-0.3, -0.25) is 0 Å². The predicted molar refractivity (Wildman–Crippen MR) is 93.3 cm³/mol. The number of hydrogen-bond donors (Lipinski definition) is 2. The van der Waals surface area contributed by atoms with E-state index in [1.165, 1.54) is 5.56 Å². The first kappa shape index (κ1) is 17.8. The zero-order valence-corrected chi connectivity index (χ0v) is 15.0. The molecular formula is C19H30N2O2. The highest BCUT2D eigenvalue weighted by Crippen LogP contribution is 2.35. The van der Waals surface area contributed by atoms with Crippen LogP contribution in [0.25, 0.3) is 0 Å². The summed E-state index contributed by atoms with van der Waals surface area (Å²) in [6, 6.07) is 7.96. The van der Waals surface area contributed by atoms with Gasteiger partial charge in [0.2, 0.25) is 0 Å². The maximum Gasteiger partial charge on any atom is 0.317 e. The number of benzene rings is 1. The number of likely N-dealkylation sites (N-methyl/N-ethyl adjacent to an activating group) is 1. The first-order valence-corrected chi connectivity index (χ1v) is 8.45. The highest BCUT2D eigenvalue weighted by atomic mass is 16.3. The summed E-state index contributed by atoms with van der Waals surface area (Å²) in [4.78, 5) is 14.2. The molecule has 1 saturated carbocycles. The van der Waals surface area contributed by atoms with Crippen molar-refractivity contribution in [3.05, 3.63) is 35.4 Å². The molecular weight excluding hydrogens is 288 g/mol. The number of nitrogens with one attached hydrogen (secondary N) is 1. The lowest BCUT2D eigenvalue weighted by Gasteiger charge is -2.34. The number of nitrogens with zero attached hydrogens (tertiary/aromatic N) is 1. The lowest BCUT2D eigenvalue weighted by atomic mass is 9.81. The van der Waals surface area contributed by atoms with Crippen LogP contribution < -0.4 is 5.32 Å². The minimum absolute atomic E-state index is 0.0725. The molecule has 1 aromatic carbocycles. The van der Waals surface area contributed by atoms with Crippen LogP contribution in [0.4, 0.5) is 4.79 Å². The van der Waals surface area contributed by atoms with Crippen molar-refractivity contribution in [2.75, 3.05) is 13.6 Å². The molecule has 0 aromatic heterocycles. The van der Waals surface area contributed by atoms with Gasteiger partial charge in [0.15, 0.2) is 0 Å². The van der Waals surface area contributed by atoms with Crippen LogP contribution in [0.15, 0.2) is 24.3 Å². The summed E-state index contributed by atoms with van der Waals surface area (Å²) in [5, 5.41) is 13.2. The van der Waals surface area contributed by atoms with Crippen LogP contribution in [-0.2, 0) is 0 Å². The smallest absolute Gasteiger partial charge is 0.317 e. The number of rotatable bonds is 5. The minimum atomic E-state index is -0.405. The SMILES string of the molecule is Cc1ccccc1C(NC(=O)N(C)CC(O)C1CC1)C(C)(C)C. The van der Waals surface area contributed by atoms with Gasteiger partial charge in [-0.15, -0.1) is 0 Å². The monoisotopic (exact) mass is 318 g/mol. The zero-order valence-electron chi connectivity index (χ0n) is 15.0. The lowest BCUT2D eigenvalue weighted by molar-refractivity contribution is 0.110. The fourth-order valence-corrected chi connectivity index (χ4v) is 2.90. The maximum atomic E-state index is 12.6. The van der Waals surface area contributed by atoms with Crippen molar-refractivity contribution in [3.8, 4) is 0 Å². The van der Waals surface area contributed by atoms with E-state index in [4.69, 9.17) is 0 Å². The predicted octanol–water partition coefficient (Wildman–Crippen LogP) is 3.49. The van der Waals surface area contributed by atoms with Crippen LogP contribution in [-0.4, -0.2) is 35.7 Å². The first-order valence-electron chi connectivity index (χ1n) is 8.45. The summed E-state index contributed by atoms with van der Waals surface area (Å²) in [6.07, 6.45) is 1.74. The van der Waals surface area contributed by atoms with Gasteiger partial charge in [-0.05, 0) is 42.2 Å². The Kier molecular flexibility index (Phi) is 5.35. The lowest BCUT2D eigenvalue weighted by Crippen LogP contribution is -2.46. The Morgan fingerprint density at radius 1 is 1.35 bits per heavy atom. The van der Waals surface area contributed by atoms with Crippen molar-refractivity contribution in [1.29, 1.82) is 0 Å². The number of amides is 2. The number of hydrogen-bond acceptors (Lipinski definition) is 2. The average Bonchev–Trinajstić information content (AvgIpc) is 3.28. The number of aryl methyl sites for hydroxylation is 1. The molecule has 0 spiro atoms. The number of aliphatic hydroxyl groups is 1. The summed E-state index contributed by atoms with van der Waals surface area (Å²) in [6.45, 7) is 8.85. The third-order valence-electron chi connectivity index (χ3n) is 4.61. The fourth-order valence-electron chi connectivity index (χ4n) is 2.90. The Morgan fingerprint density at radius 3 is 2.48 bits per heavy atom. The number of aliphatic hydroxyl groups excluding tert-OH is 1. The van der Waals surface area contributed by atoms with E-state index >= 15 is 0 Å². The molecule has 2 amide bonds. The van der Waals surface area contributed by atoms with Crippen LogP contribution in [0.5, 0.6) is 0 Å². The summed E-state index contributed by atoms with van der Waals surface area (Å²) < 4.78 is 0. The molecule has 2 atom stereocenters. The van der Waals surface area contributed by atoms with E-state index in [1.807, 2.05) is 12.1 Å². The van der Waals surface area contributed by atoms with Crippen LogP contribution in [0.3, 0.4) is 0 Å². The van der Waals surface area contributed by atoms with Crippen LogP contribution in [0.1, 0.15) is 50.8 Å². The molecule has 2 unspecified atom stereocenters. The van der Waals surface area contributed by atoms with Gasteiger partial charge in [-0.25, -0.2) is 4.79 Å². The fraction of sp³-hybridized carbons (Fsp3) is 0.632. The molecule has 1 aliphatic carbocycles. The van der Waals surface area contributed by atoms with Crippen molar-refractivity contribution in [1.82, 2.24) is 10.2 Å². The second-order valence-corrected chi connectivity index (χ2v) is 7.89. The number of urea groups is 1. The Balaban J connectivity index is 2.08. The van der Waals surface area contributed by atoms with Gasteiger partial charge in [0.1, 0.15) is 0 Å². The quantitative estimate of drug-likeness (QED) is 0.873. The summed E-state index contributed by atoms with van der Waals surface area (Å²) in [5.41, 5.74) is 2.22. The van der Waals surface area contributed by atoms with Crippen molar-refractivity contribution in [2.24, 2.45) is 11.3 Å². The van der Waals surface area contributed by atoms with Gasteiger partial charge >= 0.3 is 6.03 Å². The van der Waals surface area contributed by atoms with Crippen molar-refractivity contribution >= 4 is 6.03 Å². The van der Waals surface area contributed by atoms with Crippen LogP contribution >= 0.6 is 0 Å².